The Morgan fingerprint density at radius 1 is 1.18 bits per heavy atom. The average Bonchev–Trinajstić information content (AvgIpc) is 2.26. The molecule has 4 nitrogen and oxygen atoms in total. The van der Waals surface area contributed by atoms with Crippen molar-refractivity contribution in [2.24, 2.45) is 5.92 Å². The molecule has 0 unspecified atom stereocenters. The van der Waals surface area contributed by atoms with E-state index in [-0.39, 0.29) is 0 Å². The van der Waals surface area contributed by atoms with Gasteiger partial charge in [0.25, 0.3) is 0 Å². The largest absolute Gasteiger partial charge is 0.468 e. The molecule has 6 heteroatoms. The van der Waals surface area contributed by atoms with E-state index in [0.717, 1.165) is 4.11 Å². The number of methoxy groups -OCH3 is 2. The van der Waals surface area contributed by atoms with Crippen LogP contribution in [0.2, 0.25) is 19.6 Å². The number of rotatable bonds is 5. The van der Waals surface area contributed by atoms with Crippen LogP contribution in [-0.4, -0.2) is 34.2 Å². The van der Waals surface area contributed by atoms with Gasteiger partial charge in [-0.25, -0.2) is 0 Å². The summed E-state index contributed by atoms with van der Waals surface area (Å²) in [4.78, 5) is 22.8. The fourth-order valence-corrected chi connectivity index (χ4v) is 2.02. The van der Waals surface area contributed by atoms with Gasteiger partial charge in [-0.2, -0.15) is 0 Å². The second-order valence-electron chi connectivity index (χ2n) is 4.64. The second kappa shape index (κ2) is 6.96. The number of esters is 2. The number of hydrogen-bond acceptors (Lipinski definition) is 4. The molecule has 0 aliphatic carbocycles. The van der Waals surface area contributed by atoms with Gasteiger partial charge in [0.15, 0.2) is 5.92 Å². The molecule has 0 fully saturated rings. The highest BCUT2D eigenvalue weighted by molar-refractivity contribution is 9.12. The van der Waals surface area contributed by atoms with E-state index in [1.165, 1.54) is 14.2 Å². The number of hydrogen-bond donors (Lipinski definition) is 0. The third kappa shape index (κ3) is 5.50. The first-order valence-corrected chi connectivity index (χ1v) is 9.55. The molecule has 0 aliphatic heterocycles. The van der Waals surface area contributed by atoms with E-state index >= 15 is 0 Å². The van der Waals surface area contributed by atoms with Gasteiger partial charge < -0.3 is 9.47 Å². The molecule has 0 spiro atoms. The Bertz CT molecular complexity index is 304. The van der Waals surface area contributed by atoms with Gasteiger partial charge in [-0.1, -0.05) is 41.6 Å². The summed E-state index contributed by atoms with van der Waals surface area (Å²) < 4.78 is 10.2. The molecule has 0 rings (SSSR count). The van der Waals surface area contributed by atoms with Crippen LogP contribution in [0.3, 0.4) is 0 Å². The van der Waals surface area contributed by atoms with Gasteiger partial charge in [0.2, 0.25) is 0 Å². The topological polar surface area (TPSA) is 52.6 Å². The highest BCUT2D eigenvalue weighted by Crippen LogP contribution is 2.22. The van der Waals surface area contributed by atoms with Gasteiger partial charge in [-0.3, -0.25) is 9.59 Å². The van der Waals surface area contributed by atoms with Crippen LogP contribution in [0.5, 0.6) is 0 Å². The Morgan fingerprint density at radius 3 is 1.88 bits per heavy atom. The van der Waals surface area contributed by atoms with E-state index in [2.05, 4.69) is 45.0 Å². The van der Waals surface area contributed by atoms with Crippen molar-refractivity contribution in [3.63, 3.8) is 0 Å². The lowest BCUT2D eigenvalue weighted by molar-refractivity contribution is -0.158. The maximum Gasteiger partial charge on any atom is 0.320 e. The molecule has 0 aromatic carbocycles. The average molecular weight is 323 g/mol. The molecule has 17 heavy (non-hydrogen) atoms. The van der Waals surface area contributed by atoms with Gasteiger partial charge in [-0.15, -0.1) is 0 Å². The van der Waals surface area contributed by atoms with Crippen molar-refractivity contribution in [3.05, 3.63) is 10.2 Å². The quantitative estimate of drug-likeness (QED) is 0.443. The summed E-state index contributed by atoms with van der Waals surface area (Å²) in [6.45, 7) is 6.50. The van der Waals surface area contributed by atoms with Crippen LogP contribution in [0, 0.1) is 5.92 Å². The summed E-state index contributed by atoms with van der Waals surface area (Å²) in [7, 11) is 1.08. The molecule has 0 atom stereocenters. The first-order valence-electron chi connectivity index (χ1n) is 5.25. The first-order chi connectivity index (χ1) is 7.73. The molecule has 0 radical (unpaired) electrons. The number of allylic oxidation sites excluding steroid dienone is 1. The molecule has 0 saturated carbocycles. The molecule has 98 valence electrons. The number of carbonyl (C=O) groups is 2. The predicted octanol–water partition coefficient (Wildman–Crippen LogP) is 2.49. The summed E-state index contributed by atoms with van der Waals surface area (Å²) in [5, 5.41) is 0. The zero-order chi connectivity index (χ0) is 13.6. The fraction of sp³-hybridized carbons (Fsp3) is 0.636. The van der Waals surface area contributed by atoms with Crippen LogP contribution in [0.15, 0.2) is 10.2 Å². The van der Waals surface area contributed by atoms with Crippen molar-refractivity contribution >= 4 is 35.9 Å². The molecule has 0 heterocycles. The van der Waals surface area contributed by atoms with Crippen LogP contribution in [0.1, 0.15) is 6.42 Å². The Morgan fingerprint density at radius 2 is 1.59 bits per heavy atom. The van der Waals surface area contributed by atoms with E-state index < -0.39 is 25.9 Å². The van der Waals surface area contributed by atoms with Crippen molar-refractivity contribution in [1.29, 1.82) is 0 Å². The second-order valence-corrected chi connectivity index (χ2v) is 11.3. The summed E-state index contributed by atoms with van der Waals surface area (Å²) in [6, 6.07) is 0. The van der Waals surface area contributed by atoms with Crippen molar-refractivity contribution in [2.75, 3.05) is 14.2 Å². The third-order valence-corrected chi connectivity index (χ3v) is 7.75. The Labute approximate surface area is 111 Å². The van der Waals surface area contributed by atoms with E-state index in [9.17, 15) is 9.59 Å². The number of ether oxygens (including phenoxy) is 2. The highest BCUT2D eigenvalue weighted by atomic mass is 79.9. The van der Waals surface area contributed by atoms with Gasteiger partial charge >= 0.3 is 11.9 Å². The summed E-state index contributed by atoms with van der Waals surface area (Å²) >= 11 is 3.49. The van der Waals surface area contributed by atoms with E-state index in [0.29, 0.717) is 6.42 Å². The minimum atomic E-state index is -1.44. The Balaban J connectivity index is 4.79. The van der Waals surface area contributed by atoms with Gasteiger partial charge in [0, 0.05) is 0 Å². The maximum absolute atomic E-state index is 11.4. The Hall–Kier alpha value is -0.623. The zero-order valence-corrected chi connectivity index (χ0v) is 13.5. The highest BCUT2D eigenvalue weighted by Gasteiger charge is 2.28. The lowest BCUT2D eigenvalue weighted by atomic mass is 10.1. The lowest BCUT2D eigenvalue weighted by Crippen LogP contribution is -2.27. The molecule has 0 aliphatic rings. The first kappa shape index (κ1) is 16.4. The monoisotopic (exact) mass is 322 g/mol. The number of carbonyl (C=O) groups excluding carboxylic acids is 2. The van der Waals surface area contributed by atoms with Crippen molar-refractivity contribution < 1.29 is 19.1 Å². The van der Waals surface area contributed by atoms with Crippen LogP contribution in [-0.2, 0) is 19.1 Å². The van der Waals surface area contributed by atoms with Crippen LogP contribution in [0.4, 0.5) is 0 Å². The molecular formula is C11H19BrO4Si. The number of halogens is 1. The third-order valence-electron chi connectivity index (χ3n) is 2.22. The normalized spacial score (nSPS) is 12.5. The van der Waals surface area contributed by atoms with E-state index in [4.69, 9.17) is 0 Å². The van der Waals surface area contributed by atoms with Crippen LogP contribution >= 0.6 is 15.9 Å². The molecule has 0 bridgehead atoms. The Kier molecular flexibility index (Phi) is 6.70. The van der Waals surface area contributed by atoms with E-state index in [1.807, 2.05) is 6.08 Å². The van der Waals surface area contributed by atoms with Crippen molar-refractivity contribution in [2.45, 2.75) is 26.1 Å². The molecule has 0 amide bonds. The zero-order valence-electron chi connectivity index (χ0n) is 10.9. The van der Waals surface area contributed by atoms with Gasteiger partial charge in [0.1, 0.15) is 0 Å². The lowest BCUT2D eigenvalue weighted by Gasteiger charge is -2.16. The molecular weight excluding hydrogens is 304 g/mol. The molecule has 0 N–H and O–H groups in total. The summed E-state index contributed by atoms with van der Waals surface area (Å²) in [5.74, 6) is -2.01. The summed E-state index contributed by atoms with van der Waals surface area (Å²) in [5.41, 5.74) is 0. The predicted molar refractivity (Wildman–Crippen MR) is 72.5 cm³/mol. The van der Waals surface area contributed by atoms with Gasteiger partial charge in [0.05, 0.1) is 22.3 Å². The molecule has 0 aromatic heterocycles. The maximum atomic E-state index is 11.4. The van der Waals surface area contributed by atoms with E-state index in [1.54, 1.807) is 0 Å². The van der Waals surface area contributed by atoms with Crippen LogP contribution in [0.25, 0.3) is 0 Å². The minimum Gasteiger partial charge on any atom is -0.468 e. The van der Waals surface area contributed by atoms with Crippen LogP contribution < -0.4 is 0 Å². The van der Waals surface area contributed by atoms with Crippen molar-refractivity contribution in [3.8, 4) is 0 Å². The standard InChI is InChI=1S/C11H19BrO4Si/c1-15-10(13)8(11(14)16-2)6-7-9(12)17(3,4)5/h7-8H,6H2,1-5H3/b9-7+. The minimum absolute atomic E-state index is 0.296. The molecule has 0 aromatic rings. The van der Waals surface area contributed by atoms with Gasteiger partial charge in [-0.05, 0) is 10.5 Å². The fourth-order valence-electron chi connectivity index (χ4n) is 1.10. The smallest absolute Gasteiger partial charge is 0.320 e. The van der Waals surface area contributed by atoms with Crippen molar-refractivity contribution in [1.82, 2.24) is 0 Å². The summed E-state index contributed by atoms with van der Waals surface area (Å²) in [6.07, 6.45) is 2.16. The SMILES string of the molecule is COC(=O)C(C/C=C(\Br)[Si](C)(C)C)C(=O)OC. The molecule has 0 saturated heterocycles.